The van der Waals surface area contributed by atoms with Gasteiger partial charge in [0.2, 0.25) is 5.91 Å². The number of carbonyl (C=O) groups excluding carboxylic acids is 2. The zero-order valence-corrected chi connectivity index (χ0v) is 18.0. The molecule has 3 aliphatic heterocycles. The van der Waals surface area contributed by atoms with Crippen LogP contribution in [0.15, 0.2) is 30.5 Å². The van der Waals surface area contributed by atoms with E-state index in [1.807, 2.05) is 4.90 Å². The van der Waals surface area contributed by atoms with Crippen molar-refractivity contribution >= 4 is 17.8 Å². The summed E-state index contributed by atoms with van der Waals surface area (Å²) in [6.07, 6.45) is 5.97. The van der Waals surface area contributed by atoms with Crippen LogP contribution in [-0.2, 0) is 29.3 Å². The third-order valence-corrected chi connectivity index (χ3v) is 6.95. The highest BCUT2D eigenvalue weighted by molar-refractivity contribution is 5.88. The van der Waals surface area contributed by atoms with Crippen molar-refractivity contribution in [1.29, 1.82) is 0 Å². The van der Waals surface area contributed by atoms with Gasteiger partial charge >= 0.3 is 6.03 Å². The van der Waals surface area contributed by atoms with Crippen LogP contribution in [0.3, 0.4) is 0 Å². The molecule has 2 saturated heterocycles. The van der Waals surface area contributed by atoms with Gasteiger partial charge in [-0.25, -0.2) is 4.79 Å². The van der Waals surface area contributed by atoms with Crippen molar-refractivity contribution in [3.63, 3.8) is 0 Å². The lowest BCUT2D eigenvalue weighted by Crippen LogP contribution is -2.53. The van der Waals surface area contributed by atoms with Crippen molar-refractivity contribution in [2.75, 3.05) is 25.0 Å². The monoisotopic (exact) mass is 423 g/mol. The minimum absolute atomic E-state index is 0.130. The highest BCUT2D eigenvalue weighted by atomic mass is 16.5. The largest absolute Gasteiger partial charge is 0.372 e. The lowest BCUT2D eigenvalue weighted by Gasteiger charge is -2.45. The fourth-order valence-electron chi connectivity index (χ4n) is 5.29. The number of rotatable bonds is 3. The maximum absolute atomic E-state index is 12.9. The van der Waals surface area contributed by atoms with Gasteiger partial charge in [-0.1, -0.05) is 18.2 Å². The van der Waals surface area contributed by atoms with Crippen LogP contribution in [0, 0.1) is 0 Å². The first-order chi connectivity index (χ1) is 15.0. The molecule has 8 nitrogen and oxygen atoms in total. The van der Waals surface area contributed by atoms with Crippen LogP contribution in [0.2, 0.25) is 0 Å². The van der Waals surface area contributed by atoms with Crippen LogP contribution >= 0.6 is 0 Å². The molecule has 4 heterocycles. The van der Waals surface area contributed by atoms with Gasteiger partial charge < -0.3 is 15.0 Å². The fraction of sp³-hybridized carbons (Fsp3) is 0.522. The Morgan fingerprint density at radius 2 is 1.90 bits per heavy atom. The lowest BCUT2D eigenvalue weighted by molar-refractivity contribution is -0.114. The van der Waals surface area contributed by atoms with Crippen LogP contribution in [0.25, 0.3) is 0 Å². The molecule has 1 N–H and O–H groups in total. The van der Waals surface area contributed by atoms with Crippen LogP contribution < -0.4 is 5.32 Å². The van der Waals surface area contributed by atoms with Gasteiger partial charge in [0.1, 0.15) is 0 Å². The van der Waals surface area contributed by atoms with Crippen LogP contribution in [0.4, 0.5) is 10.6 Å². The molecule has 1 aromatic heterocycles. The van der Waals surface area contributed by atoms with Crippen molar-refractivity contribution in [3.05, 3.63) is 47.2 Å². The number of nitrogens with zero attached hydrogens (tertiary/aromatic N) is 4. The molecule has 0 unspecified atom stereocenters. The minimum Gasteiger partial charge on any atom is -0.372 e. The summed E-state index contributed by atoms with van der Waals surface area (Å²) in [7, 11) is 0. The lowest BCUT2D eigenvalue weighted by atomic mass is 9.84. The summed E-state index contributed by atoms with van der Waals surface area (Å²) in [6.45, 7) is 6.40. The molecule has 5 rings (SSSR count). The highest BCUT2D eigenvalue weighted by Gasteiger charge is 2.43. The Labute approximate surface area is 182 Å². The van der Waals surface area contributed by atoms with Gasteiger partial charge in [-0.3, -0.25) is 9.69 Å². The second-order valence-electron chi connectivity index (χ2n) is 8.94. The Bertz CT molecular complexity index is 993. The molecule has 0 radical (unpaired) electrons. The molecule has 0 aliphatic carbocycles. The predicted octanol–water partition coefficient (Wildman–Crippen LogP) is 2.97. The van der Waals surface area contributed by atoms with Gasteiger partial charge in [0.05, 0.1) is 13.2 Å². The number of benzene rings is 1. The number of likely N-dealkylation sites (tertiary alicyclic amines) is 2. The molecular weight excluding hydrogens is 394 g/mol. The standard InChI is InChI=1S/C23H29N5O3/c1-17(29)24-21-5-10-28(25-21)22(30)26-11-7-23(8-12-26)6-2-9-27(23)14-18-3-4-19-15-31-16-20(19)13-18/h3-5,10,13H,2,6-9,11-12,14-16H2,1H3,(H,24,25,29). The van der Waals surface area contributed by atoms with Gasteiger partial charge in [-0.05, 0) is 48.9 Å². The van der Waals surface area contributed by atoms with Crippen molar-refractivity contribution < 1.29 is 14.3 Å². The Balaban J connectivity index is 1.22. The van der Waals surface area contributed by atoms with E-state index in [-0.39, 0.29) is 17.5 Å². The normalized spacial score (nSPS) is 20.2. The second kappa shape index (κ2) is 8.09. The zero-order valence-electron chi connectivity index (χ0n) is 18.0. The first-order valence-electron chi connectivity index (χ1n) is 11.1. The van der Waals surface area contributed by atoms with Crippen molar-refractivity contribution in [3.8, 4) is 0 Å². The predicted molar refractivity (Wildman–Crippen MR) is 115 cm³/mol. The SMILES string of the molecule is CC(=O)Nc1ccn(C(=O)N2CCC3(CCCN3Cc3ccc4c(c3)COC4)CC2)n1. The van der Waals surface area contributed by atoms with Gasteiger partial charge in [0, 0.05) is 44.4 Å². The Morgan fingerprint density at radius 3 is 2.71 bits per heavy atom. The molecule has 2 aromatic rings. The van der Waals surface area contributed by atoms with Gasteiger partial charge in [0.15, 0.2) is 5.82 Å². The van der Waals surface area contributed by atoms with E-state index in [1.54, 1.807) is 12.3 Å². The molecule has 1 spiro atoms. The Morgan fingerprint density at radius 1 is 1.10 bits per heavy atom. The zero-order chi connectivity index (χ0) is 21.4. The van der Waals surface area contributed by atoms with E-state index < -0.39 is 0 Å². The summed E-state index contributed by atoms with van der Waals surface area (Å²) in [5, 5.41) is 6.80. The molecule has 3 aliphatic rings. The number of ether oxygens (including phenoxy) is 1. The highest BCUT2D eigenvalue weighted by Crippen LogP contribution is 2.39. The van der Waals surface area contributed by atoms with Gasteiger partial charge in [0.25, 0.3) is 0 Å². The quantitative estimate of drug-likeness (QED) is 0.821. The number of carbonyl (C=O) groups is 2. The van der Waals surface area contributed by atoms with Crippen molar-refractivity contribution in [2.24, 2.45) is 0 Å². The molecule has 8 heteroatoms. The topological polar surface area (TPSA) is 79.7 Å². The van der Waals surface area contributed by atoms with Crippen molar-refractivity contribution in [2.45, 2.75) is 57.9 Å². The van der Waals surface area contributed by atoms with E-state index in [9.17, 15) is 9.59 Å². The number of amides is 2. The van der Waals surface area contributed by atoms with Crippen LogP contribution in [0.1, 0.15) is 49.3 Å². The average molecular weight is 424 g/mol. The maximum atomic E-state index is 12.9. The summed E-state index contributed by atoms with van der Waals surface area (Å²) in [5.41, 5.74) is 4.17. The van der Waals surface area contributed by atoms with E-state index in [0.29, 0.717) is 5.82 Å². The molecule has 1 aromatic carbocycles. The van der Waals surface area contributed by atoms with Crippen LogP contribution in [-0.4, -0.2) is 56.7 Å². The number of hydrogen-bond donors (Lipinski definition) is 1. The minimum atomic E-state index is -0.199. The third-order valence-electron chi connectivity index (χ3n) is 6.95. The molecule has 31 heavy (non-hydrogen) atoms. The molecule has 2 amide bonds. The number of aromatic nitrogens is 2. The van der Waals surface area contributed by atoms with E-state index in [2.05, 4.69) is 33.5 Å². The number of piperidine rings is 1. The van der Waals surface area contributed by atoms with E-state index >= 15 is 0 Å². The number of hydrogen-bond acceptors (Lipinski definition) is 5. The fourth-order valence-corrected chi connectivity index (χ4v) is 5.29. The third kappa shape index (κ3) is 3.97. The summed E-state index contributed by atoms with van der Waals surface area (Å²) in [4.78, 5) is 28.6. The first-order valence-corrected chi connectivity index (χ1v) is 11.1. The molecule has 2 fully saturated rings. The molecule has 0 saturated carbocycles. The number of fused-ring (bicyclic) bond motifs is 1. The second-order valence-corrected chi connectivity index (χ2v) is 8.94. The summed E-state index contributed by atoms with van der Waals surface area (Å²) in [5.74, 6) is 0.200. The van der Waals surface area contributed by atoms with E-state index in [0.717, 1.165) is 52.2 Å². The Hall–Kier alpha value is -2.71. The molecule has 0 bridgehead atoms. The maximum Gasteiger partial charge on any atom is 0.344 e. The smallest absolute Gasteiger partial charge is 0.344 e. The number of anilines is 1. The summed E-state index contributed by atoms with van der Waals surface area (Å²) in [6, 6.07) is 8.26. The van der Waals surface area contributed by atoms with E-state index in [1.165, 1.54) is 41.1 Å². The average Bonchev–Trinajstić information content (AvgIpc) is 3.49. The number of nitrogens with one attached hydrogen (secondary N) is 1. The molecular formula is C23H29N5O3. The van der Waals surface area contributed by atoms with Gasteiger partial charge in [-0.15, -0.1) is 5.10 Å². The summed E-state index contributed by atoms with van der Waals surface area (Å²) < 4.78 is 6.88. The summed E-state index contributed by atoms with van der Waals surface area (Å²) >= 11 is 0. The van der Waals surface area contributed by atoms with Gasteiger partial charge in [-0.2, -0.15) is 4.68 Å². The van der Waals surface area contributed by atoms with Crippen molar-refractivity contribution in [1.82, 2.24) is 19.6 Å². The molecule has 164 valence electrons. The van der Waals surface area contributed by atoms with E-state index in [4.69, 9.17) is 4.74 Å². The first kappa shape index (κ1) is 20.2. The molecule has 0 atom stereocenters. The Kier molecular flexibility index (Phi) is 5.27. The van der Waals surface area contributed by atoms with Crippen LogP contribution in [0.5, 0.6) is 0 Å².